The molecule has 8 rings (SSSR count). The first-order valence-corrected chi connectivity index (χ1v) is 15.7. The van der Waals surface area contributed by atoms with E-state index in [4.69, 9.17) is 9.72 Å². The Balaban J connectivity index is 1.23. The number of benzene rings is 1. The molecule has 2 aromatic heterocycles. The number of anilines is 1. The summed E-state index contributed by atoms with van der Waals surface area (Å²) in [5.74, 6) is 0.519. The van der Waals surface area contributed by atoms with Crippen molar-refractivity contribution in [2.75, 3.05) is 37.7 Å². The summed E-state index contributed by atoms with van der Waals surface area (Å²) in [6.07, 6.45) is 8.14. The predicted molar refractivity (Wildman–Crippen MR) is 156 cm³/mol. The van der Waals surface area contributed by atoms with E-state index in [0.717, 1.165) is 75.7 Å². The average Bonchev–Trinajstić information content (AvgIpc) is 3.73. The number of hydrogen-bond donors (Lipinski definition) is 2. The topological polar surface area (TPSA) is 86.6 Å². The molecule has 0 radical (unpaired) electrons. The van der Waals surface area contributed by atoms with E-state index in [-0.39, 0.29) is 35.1 Å². The van der Waals surface area contributed by atoms with Gasteiger partial charge in [0.1, 0.15) is 35.6 Å². The first-order chi connectivity index (χ1) is 20.4. The number of pyridine rings is 1. The highest BCUT2D eigenvalue weighted by molar-refractivity contribution is 5.92. The molecule has 0 saturated carbocycles. The Morgan fingerprint density at radius 1 is 1.14 bits per heavy atom. The summed E-state index contributed by atoms with van der Waals surface area (Å²) in [4.78, 5) is 18.6. The minimum atomic E-state index is -0.861. The number of phenols is 1. The van der Waals surface area contributed by atoms with E-state index in [1.54, 1.807) is 18.3 Å². The van der Waals surface area contributed by atoms with Gasteiger partial charge in [-0.3, -0.25) is 9.88 Å². The number of aryl methyl sites for hydroxylation is 1. The van der Waals surface area contributed by atoms with Gasteiger partial charge in [-0.1, -0.05) is 6.92 Å². The number of nitrogens with zero attached hydrogens (tertiary/aromatic N) is 5. The number of ether oxygens (including phenoxy) is 1. The molecule has 0 amide bonds. The lowest BCUT2D eigenvalue weighted by Gasteiger charge is -2.34. The lowest BCUT2D eigenvalue weighted by Crippen LogP contribution is -2.51. The molecule has 4 aliphatic heterocycles. The van der Waals surface area contributed by atoms with Gasteiger partial charge in [0, 0.05) is 49.9 Å². The molecule has 4 saturated heterocycles. The molecule has 6 heterocycles. The third-order valence-corrected chi connectivity index (χ3v) is 10.6. The number of piperazine rings is 1. The van der Waals surface area contributed by atoms with E-state index in [1.807, 2.05) is 0 Å². The molecule has 0 unspecified atom stereocenters. The molecule has 8 nitrogen and oxygen atoms in total. The summed E-state index contributed by atoms with van der Waals surface area (Å²) < 4.78 is 37.4. The third kappa shape index (κ3) is 4.24. The molecular weight excluding hydrogens is 538 g/mol. The number of aromatic nitrogens is 3. The lowest BCUT2D eigenvalue weighted by molar-refractivity contribution is 0.107. The van der Waals surface area contributed by atoms with Gasteiger partial charge in [0.25, 0.3) is 0 Å². The van der Waals surface area contributed by atoms with Crippen LogP contribution in [0.2, 0.25) is 0 Å². The first-order valence-electron chi connectivity index (χ1n) is 15.7. The standard InChI is InChI=1S/C32H38F2N6O2/c1-2-18-4-5-19-10-23(41)11-24(26(18)19)28-27(34)29-25(13-35-28)30(39-15-21-6-7-22(16-39)36-21)38-31(37-29)42-17-32-8-3-9-40(32)14-20(33)12-32/h10-11,13,18,20-22,36,41H,2-9,12,14-17H2,1H3/t18-,20+,21-,22+,32-/m0/s1. The van der Waals surface area contributed by atoms with E-state index in [2.05, 4.69) is 32.0 Å². The van der Waals surface area contributed by atoms with Crippen LogP contribution >= 0.6 is 0 Å². The van der Waals surface area contributed by atoms with Gasteiger partial charge >= 0.3 is 6.01 Å². The van der Waals surface area contributed by atoms with Crippen LogP contribution in [0.4, 0.5) is 14.6 Å². The molecular formula is C32H38F2N6O2. The molecule has 2 N–H and O–H groups in total. The van der Waals surface area contributed by atoms with Crippen molar-refractivity contribution in [2.45, 2.75) is 88.0 Å². The number of fused-ring (bicyclic) bond motifs is 5. The number of rotatable bonds is 6. The smallest absolute Gasteiger partial charge is 0.319 e. The van der Waals surface area contributed by atoms with Gasteiger partial charge in [-0.15, -0.1) is 0 Å². The number of alkyl halides is 1. The van der Waals surface area contributed by atoms with Crippen LogP contribution in [-0.2, 0) is 6.42 Å². The van der Waals surface area contributed by atoms with Crippen LogP contribution in [0.25, 0.3) is 22.2 Å². The second kappa shape index (κ2) is 9.98. The van der Waals surface area contributed by atoms with Gasteiger partial charge in [-0.2, -0.15) is 9.97 Å². The monoisotopic (exact) mass is 576 g/mol. The summed E-state index contributed by atoms with van der Waals surface area (Å²) in [6, 6.07) is 4.29. The molecule has 4 fully saturated rings. The number of phenolic OH excluding ortho intramolecular Hbond substituents is 1. The van der Waals surface area contributed by atoms with E-state index < -0.39 is 12.0 Å². The molecule has 10 heteroatoms. The average molecular weight is 577 g/mol. The molecule has 2 bridgehead atoms. The summed E-state index contributed by atoms with van der Waals surface area (Å²) in [6.45, 7) is 5.27. The maximum atomic E-state index is 16.7. The minimum Gasteiger partial charge on any atom is -0.508 e. The van der Waals surface area contributed by atoms with Crippen LogP contribution in [0.15, 0.2) is 18.3 Å². The van der Waals surface area contributed by atoms with Crippen molar-refractivity contribution in [2.24, 2.45) is 0 Å². The Morgan fingerprint density at radius 3 is 2.79 bits per heavy atom. The van der Waals surface area contributed by atoms with Crippen molar-refractivity contribution < 1.29 is 18.6 Å². The zero-order valence-corrected chi connectivity index (χ0v) is 24.1. The zero-order valence-electron chi connectivity index (χ0n) is 24.1. The Morgan fingerprint density at radius 2 is 1.98 bits per heavy atom. The van der Waals surface area contributed by atoms with Crippen LogP contribution < -0.4 is 15.0 Å². The molecule has 5 aliphatic rings. The van der Waals surface area contributed by atoms with E-state index in [0.29, 0.717) is 47.7 Å². The summed E-state index contributed by atoms with van der Waals surface area (Å²) in [5.41, 5.74) is 2.78. The van der Waals surface area contributed by atoms with Gasteiger partial charge in [0.05, 0.1) is 10.9 Å². The van der Waals surface area contributed by atoms with Crippen molar-refractivity contribution in [3.8, 4) is 23.0 Å². The van der Waals surface area contributed by atoms with Crippen LogP contribution in [0.3, 0.4) is 0 Å². The fourth-order valence-electron chi connectivity index (χ4n) is 8.60. The normalized spacial score (nSPS) is 30.3. The van der Waals surface area contributed by atoms with Gasteiger partial charge in [0.2, 0.25) is 0 Å². The van der Waals surface area contributed by atoms with E-state index in [9.17, 15) is 9.50 Å². The second-order valence-corrected chi connectivity index (χ2v) is 13.1. The maximum Gasteiger partial charge on any atom is 0.319 e. The van der Waals surface area contributed by atoms with Crippen LogP contribution in [0.1, 0.15) is 68.9 Å². The highest BCUT2D eigenvalue weighted by atomic mass is 19.1. The number of halogens is 2. The third-order valence-electron chi connectivity index (χ3n) is 10.6. The zero-order chi connectivity index (χ0) is 28.6. The van der Waals surface area contributed by atoms with Gasteiger partial charge in [-0.25, -0.2) is 8.78 Å². The number of aromatic hydroxyl groups is 1. The van der Waals surface area contributed by atoms with Crippen molar-refractivity contribution in [3.05, 3.63) is 35.3 Å². The quantitative estimate of drug-likeness (QED) is 0.430. The molecule has 3 aromatic rings. The van der Waals surface area contributed by atoms with Crippen LogP contribution in [0, 0.1) is 5.82 Å². The van der Waals surface area contributed by atoms with Gasteiger partial charge < -0.3 is 20.1 Å². The highest BCUT2D eigenvalue weighted by Gasteiger charge is 2.49. The van der Waals surface area contributed by atoms with Crippen molar-refractivity contribution in [1.82, 2.24) is 25.2 Å². The molecule has 1 aliphatic carbocycles. The van der Waals surface area contributed by atoms with Crippen LogP contribution in [-0.4, -0.2) is 81.5 Å². The predicted octanol–water partition coefficient (Wildman–Crippen LogP) is 4.87. The molecule has 5 atom stereocenters. The van der Waals surface area contributed by atoms with E-state index in [1.165, 1.54) is 0 Å². The van der Waals surface area contributed by atoms with Crippen molar-refractivity contribution in [3.63, 3.8) is 0 Å². The first kappa shape index (κ1) is 26.5. The number of nitrogens with one attached hydrogen (secondary N) is 1. The minimum absolute atomic E-state index is 0.119. The molecule has 0 spiro atoms. The SMILES string of the molecule is CC[C@H]1CCc2cc(O)cc(-c3ncc4c(N5C[C@H]6CC[C@@H](C5)N6)nc(OC[C@@]56CCCN5C[C@H](F)C6)nc4c3F)c21. The van der Waals surface area contributed by atoms with Gasteiger partial charge in [-0.05, 0) is 80.7 Å². The molecule has 1 aromatic carbocycles. The fourth-order valence-corrected chi connectivity index (χ4v) is 8.60. The summed E-state index contributed by atoms with van der Waals surface area (Å²) in [5, 5.41) is 14.8. The Hall–Kier alpha value is -3.11. The van der Waals surface area contributed by atoms with Crippen molar-refractivity contribution >= 4 is 16.7 Å². The number of hydrogen-bond acceptors (Lipinski definition) is 8. The second-order valence-electron chi connectivity index (χ2n) is 13.1. The Kier molecular flexibility index (Phi) is 6.30. The van der Waals surface area contributed by atoms with E-state index >= 15 is 4.39 Å². The highest BCUT2D eigenvalue weighted by Crippen LogP contribution is 2.45. The lowest BCUT2D eigenvalue weighted by atomic mass is 9.91. The maximum absolute atomic E-state index is 16.7. The van der Waals surface area contributed by atoms with Gasteiger partial charge in [0.15, 0.2) is 5.82 Å². The fraction of sp³-hybridized carbons (Fsp3) is 0.594. The summed E-state index contributed by atoms with van der Waals surface area (Å²) in [7, 11) is 0. The van der Waals surface area contributed by atoms with Crippen LogP contribution in [0.5, 0.6) is 11.8 Å². The Bertz CT molecular complexity index is 1540. The molecule has 42 heavy (non-hydrogen) atoms. The Labute approximate surface area is 244 Å². The summed E-state index contributed by atoms with van der Waals surface area (Å²) >= 11 is 0. The van der Waals surface area contributed by atoms with Crippen molar-refractivity contribution in [1.29, 1.82) is 0 Å². The molecule has 222 valence electrons. The largest absolute Gasteiger partial charge is 0.508 e.